The van der Waals surface area contributed by atoms with Gasteiger partial charge in [0.15, 0.2) is 11.6 Å². The van der Waals surface area contributed by atoms with Gasteiger partial charge in [0.05, 0.1) is 5.69 Å². The number of hydrogen-bond acceptors (Lipinski definition) is 2. The minimum Gasteiger partial charge on any atom is -0.382 e. The van der Waals surface area contributed by atoms with Gasteiger partial charge in [-0.15, -0.1) is 0 Å². The lowest BCUT2D eigenvalue weighted by Crippen LogP contribution is -2.09. The SMILES string of the molecule is Cc1ccc(C(O)c2ccnn2C)c(F)c1F. The average molecular weight is 238 g/mol. The summed E-state index contributed by atoms with van der Waals surface area (Å²) >= 11 is 0. The van der Waals surface area contributed by atoms with E-state index < -0.39 is 17.7 Å². The van der Waals surface area contributed by atoms with E-state index in [-0.39, 0.29) is 11.1 Å². The molecule has 0 aliphatic carbocycles. The molecular weight excluding hydrogens is 226 g/mol. The maximum Gasteiger partial charge on any atom is 0.165 e. The predicted octanol–water partition coefficient (Wildman–Crippen LogP) is 2.09. The molecule has 1 heterocycles. The van der Waals surface area contributed by atoms with E-state index in [0.29, 0.717) is 5.69 Å². The summed E-state index contributed by atoms with van der Waals surface area (Å²) in [7, 11) is 1.63. The Bertz CT molecular complexity index is 551. The molecule has 0 aliphatic rings. The third kappa shape index (κ3) is 1.93. The van der Waals surface area contributed by atoms with Crippen LogP contribution in [-0.2, 0) is 7.05 Å². The summed E-state index contributed by atoms with van der Waals surface area (Å²) in [6.07, 6.45) is 0.263. The quantitative estimate of drug-likeness (QED) is 0.870. The van der Waals surface area contributed by atoms with Crippen LogP contribution in [0.15, 0.2) is 24.4 Å². The van der Waals surface area contributed by atoms with Crippen molar-refractivity contribution in [3.8, 4) is 0 Å². The molecule has 0 saturated carbocycles. The largest absolute Gasteiger partial charge is 0.382 e. The van der Waals surface area contributed by atoms with Crippen molar-refractivity contribution in [3.63, 3.8) is 0 Å². The summed E-state index contributed by atoms with van der Waals surface area (Å²) in [4.78, 5) is 0. The Kier molecular flexibility index (Phi) is 2.93. The topological polar surface area (TPSA) is 38.1 Å². The zero-order valence-electron chi connectivity index (χ0n) is 9.48. The van der Waals surface area contributed by atoms with Crippen molar-refractivity contribution in [2.75, 3.05) is 0 Å². The number of rotatable bonds is 2. The van der Waals surface area contributed by atoms with Gasteiger partial charge in [0, 0.05) is 18.8 Å². The third-order valence-corrected chi connectivity index (χ3v) is 2.74. The molecule has 0 radical (unpaired) electrons. The van der Waals surface area contributed by atoms with Crippen molar-refractivity contribution in [3.05, 3.63) is 52.9 Å². The van der Waals surface area contributed by atoms with Crippen molar-refractivity contribution < 1.29 is 13.9 Å². The van der Waals surface area contributed by atoms with Crippen LogP contribution in [-0.4, -0.2) is 14.9 Å². The summed E-state index contributed by atoms with van der Waals surface area (Å²) in [6.45, 7) is 1.47. The van der Waals surface area contributed by atoms with E-state index in [0.717, 1.165) is 0 Å². The fraction of sp³-hybridized carbons (Fsp3) is 0.250. The van der Waals surface area contributed by atoms with Gasteiger partial charge in [0.2, 0.25) is 0 Å². The smallest absolute Gasteiger partial charge is 0.165 e. The summed E-state index contributed by atoms with van der Waals surface area (Å²) in [6, 6.07) is 4.38. The number of halogens is 2. The first kappa shape index (κ1) is 11.7. The number of aliphatic hydroxyl groups excluding tert-OH is 1. The maximum absolute atomic E-state index is 13.7. The highest BCUT2D eigenvalue weighted by Crippen LogP contribution is 2.26. The Labute approximate surface area is 97.3 Å². The van der Waals surface area contributed by atoms with Gasteiger partial charge < -0.3 is 5.11 Å². The molecule has 0 saturated heterocycles. The molecular formula is C12H12F2N2O. The molecule has 1 aromatic heterocycles. The van der Waals surface area contributed by atoms with Gasteiger partial charge in [-0.3, -0.25) is 4.68 Å². The number of benzene rings is 1. The normalized spacial score (nSPS) is 12.8. The highest BCUT2D eigenvalue weighted by atomic mass is 19.2. The van der Waals surface area contributed by atoms with Crippen LogP contribution in [0.3, 0.4) is 0 Å². The van der Waals surface area contributed by atoms with Gasteiger partial charge in [-0.1, -0.05) is 12.1 Å². The Morgan fingerprint density at radius 1 is 1.24 bits per heavy atom. The Balaban J connectivity index is 2.48. The molecule has 0 amide bonds. The molecule has 1 N–H and O–H groups in total. The first-order valence-corrected chi connectivity index (χ1v) is 5.13. The second kappa shape index (κ2) is 4.25. The minimum absolute atomic E-state index is 0.0864. The van der Waals surface area contributed by atoms with E-state index in [1.807, 2.05) is 0 Å². The third-order valence-electron chi connectivity index (χ3n) is 2.74. The fourth-order valence-corrected chi connectivity index (χ4v) is 1.68. The van der Waals surface area contributed by atoms with Crippen molar-refractivity contribution in [1.29, 1.82) is 0 Å². The van der Waals surface area contributed by atoms with Gasteiger partial charge in [0.25, 0.3) is 0 Å². The summed E-state index contributed by atoms with van der Waals surface area (Å²) < 4.78 is 28.5. The molecule has 1 atom stereocenters. The van der Waals surface area contributed by atoms with Gasteiger partial charge in [-0.2, -0.15) is 5.10 Å². The summed E-state index contributed by atoms with van der Waals surface area (Å²) in [5, 5.41) is 13.9. The highest BCUT2D eigenvalue weighted by molar-refractivity contribution is 5.31. The van der Waals surface area contributed by atoms with Gasteiger partial charge in [0.1, 0.15) is 6.10 Å². The van der Waals surface area contributed by atoms with Crippen LogP contribution in [0.25, 0.3) is 0 Å². The van der Waals surface area contributed by atoms with Crippen LogP contribution >= 0.6 is 0 Å². The molecule has 0 bridgehead atoms. The number of aromatic nitrogens is 2. The molecule has 2 rings (SSSR count). The highest BCUT2D eigenvalue weighted by Gasteiger charge is 2.21. The lowest BCUT2D eigenvalue weighted by Gasteiger charge is -2.13. The Hall–Kier alpha value is -1.75. The Morgan fingerprint density at radius 3 is 2.53 bits per heavy atom. The van der Waals surface area contributed by atoms with Crippen molar-refractivity contribution in [1.82, 2.24) is 9.78 Å². The molecule has 90 valence electrons. The van der Waals surface area contributed by atoms with E-state index in [1.54, 1.807) is 13.1 Å². The average Bonchev–Trinajstić information content (AvgIpc) is 2.72. The minimum atomic E-state index is -1.22. The van der Waals surface area contributed by atoms with Crippen molar-refractivity contribution in [2.45, 2.75) is 13.0 Å². The second-order valence-corrected chi connectivity index (χ2v) is 3.88. The second-order valence-electron chi connectivity index (χ2n) is 3.88. The zero-order valence-corrected chi connectivity index (χ0v) is 9.48. The first-order chi connectivity index (χ1) is 8.02. The van der Waals surface area contributed by atoms with E-state index in [9.17, 15) is 13.9 Å². The first-order valence-electron chi connectivity index (χ1n) is 5.13. The van der Waals surface area contributed by atoms with Crippen LogP contribution in [0.4, 0.5) is 8.78 Å². The van der Waals surface area contributed by atoms with Gasteiger partial charge >= 0.3 is 0 Å². The van der Waals surface area contributed by atoms with Crippen LogP contribution < -0.4 is 0 Å². The molecule has 5 heteroatoms. The Morgan fingerprint density at radius 2 is 1.94 bits per heavy atom. The predicted molar refractivity (Wildman–Crippen MR) is 58.4 cm³/mol. The number of hydrogen-bond donors (Lipinski definition) is 1. The molecule has 0 spiro atoms. The monoisotopic (exact) mass is 238 g/mol. The standard InChI is InChI=1S/C12H12F2N2O/c1-7-3-4-8(11(14)10(7)13)12(17)9-5-6-15-16(9)2/h3-6,12,17H,1-2H3. The van der Waals surface area contributed by atoms with Crippen molar-refractivity contribution in [2.24, 2.45) is 7.05 Å². The fourth-order valence-electron chi connectivity index (χ4n) is 1.68. The van der Waals surface area contributed by atoms with Gasteiger partial charge in [-0.05, 0) is 18.6 Å². The van der Waals surface area contributed by atoms with E-state index in [1.165, 1.54) is 29.9 Å². The number of aryl methyl sites for hydroxylation is 2. The molecule has 1 aromatic carbocycles. The van der Waals surface area contributed by atoms with Gasteiger partial charge in [-0.25, -0.2) is 8.78 Å². The number of aliphatic hydroxyl groups is 1. The molecule has 3 nitrogen and oxygen atoms in total. The molecule has 0 aliphatic heterocycles. The van der Waals surface area contributed by atoms with Crippen LogP contribution in [0.2, 0.25) is 0 Å². The summed E-state index contributed by atoms with van der Waals surface area (Å²) in [5.74, 6) is -1.94. The summed E-state index contributed by atoms with van der Waals surface area (Å²) in [5.41, 5.74) is 0.535. The maximum atomic E-state index is 13.7. The molecule has 2 aromatic rings. The molecule has 17 heavy (non-hydrogen) atoms. The van der Waals surface area contributed by atoms with Crippen molar-refractivity contribution >= 4 is 0 Å². The molecule has 1 unspecified atom stereocenters. The van der Waals surface area contributed by atoms with Crippen LogP contribution in [0.5, 0.6) is 0 Å². The lowest BCUT2D eigenvalue weighted by molar-refractivity contribution is 0.203. The lowest BCUT2D eigenvalue weighted by atomic mass is 10.0. The molecule has 0 fully saturated rings. The zero-order chi connectivity index (χ0) is 12.6. The number of nitrogens with zero attached hydrogens (tertiary/aromatic N) is 2. The van der Waals surface area contributed by atoms with E-state index in [4.69, 9.17) is 0 Å². The van der Waals surface area contributed by atoms with E-state index in [2.05, 4.69) is 5.10 Å². The van der Waals surface area contributed by atoms with Crippen LogP contribution in [0.1, 0.15) is 22.9 Å². The van der Waals surface area contributed by atoms with E-state index >= 15 is 0 Å². The van der Waals surface area contributed by atoms with Crippen LogP contribution in [0, 0.1) is 18.6 Å².